The van der Waals surface area contributed by atoms with E-state index < -0.39 is 17.9 Å². The number of carbonyl (C=O) groups is 2. The van der Waals surface area contributed by atoms with Crippen LogP contribution in [0.2, 0.25) is 0 Å². The molecule has 2 saturated heterocycles. The Kier molecular flexibility index (Phi) is 5.08. The van der Waals surface area contributed by atoms with Gasteiger partial charge >= 0.3 is 12.0 Å². The summed E-state index contributed by atoms with van der Waals surface area (Å²) in [5.41, 5.74) is 0.372. The zero-order valence-corrected chi connectivity index (χ0v) is 12.9. The summed E-state index contributed by atoms with van der Waals surface area (Å²) in [6.45, 7) is 6.39. The molecule has 2 aliphatic heterocycles. The van der Waals surface area contributed by atoms with Crippen molar-refractivity contribution in [3.63, 3.8) is 0 Å². The van der Waals surface area contributed by atoms with Crippen molar-refractivity contribution in [1.82, 2.24) is 10.2 Å². The molecule has 6 heteroatoms. The third kappa shape index (κ3) is 3.48. The molecule has 2 aliphatic rings. The predicted octanol–water partition coefficient (Wildman–Crippen LogP) is 1.70. The lowest BCUT2D eigenvalue weighted by atomic mass is 9.74. The number of rotatable bonds is 4. The standard InChI is InChI=1S/C15H26N2O4/c1-3-15(4-2)5-7-17(8-6-15)14(20)16-12-10-21-9-11(12)13(18)19/h11-12H,3-10H2,1-2H3,(H,16,20)(H,18,19). The van der Waals surface area contributed by atoms with Crippen molar-refractivity contribution in [1.29, 1.82) is 0 Å². The maximum Gasteiger partial charge on any atom is 0.317 e. The Morgan fingerprint density at radius 2 is 1.86 bits per heavy atom. The number of likely N-dealkylation sites (tertiary alicyclic amines) is 1. The number of carboxylic acids is 1. The molecule has 2 N–H and O–H groups in total. The topological polar surface area (TPSA) is 78.9 Å². The Morgan fingerprint density at radius 3 is 2.38 bits per heavy atom. The highest BCUT2D eigenvalue weighted by molar-refractivity contribution is 5.77. The number of urea groups is 1. The molecule has 2 unspecified atom stereocenters. The van der Waals surface area contributed by atoms with Crippen molar-refractivity contribution in [2.24, 2.45) is 11.3 Å². The number of hydrogen-bond donors (Lipinski definition) is 2. The molecule has 0 aromatic carbocycles. The fourth-order valence-corrected chi connectivity index (χ4v) is 3.33. The van der Waals surface area contributed by atoms with Crippen LogP contribution < -0.4 is 5.32 Å². The molecular weight excluding hydrogens is 272 g/mol. The second-order valence-electron chi connectivity index (χ2n) is 6.23. The summed E-state index contributed by atoms with van der Waals surface area (Å²) in [6, 6.07) is -0.573. The first kappa shape index (κ1) is 16.1. The molecule has 6 nitrogen and oxygen atoms in total. The first-order valence-electron chi connectivity index (χ1n) is 7.87. The number of nitrogens with zero attached hydrogens (tertiary/aromatic N) is 1. The van der Waals surface area contributed by atoms with Crippen molar-refractivity contribution in [3.8, 4) is 0 Å². The minimum Gasteiger partial charge on any atom is -0.481 e. The van der Waals surface area contributed by atoms with E-state index in [-0.39, 0.29) is 19.2 Å². The lowest BCUT2D eigenvalue weighted by Gasteiger charge is -2.41. The summed E-state index contributed by atoms with van der Waals surface area (Å²) < 4.78 is 5.17. The van der Waals surface area contributed by atoms with E-state index in [0.29, 0.717) is 5.41 Å². The molecule has 0 spiro atoms. The van der Waals surface area contributed by atoms with Crippen LogP contribution in [0.1, 0.15) is 39.5 Å². The largest absolute Gasteiger partial charge is 0.481 e. The Labute approximate surface area is 125 Å². The molecule has 0 aromatic heterocycles. The van der Waals surface area contributed by atoms with Gasteiger partial charge in [-0.15, -0.1) is 0 Å². The van der Waals surface area contributed by atoms with Crippen molar-refractivity contribution in [3.05, 3.63) is 0 Å². The van der Waals surface area contributed by atoms with E-state index in [2.05, 4.69) is 19.2 Å². The quantitative estimate of drug-likeness (QED) is 0.828. The monoisotopic (exact) mass is 298 g/mol. The van der Waals surface area contributed by atoms with E-state index in [4.69, 9.17) is 9.84 Å². The van der Waals surface area contributed by atoms with Crippen molar-refractivity contribution in [2.75, 3.05) is 26.3 Å². The summed E-state index contributed by atoms with van der Waals surface area (Å²) in [4.78, 5) is 25.2. The lowest BCUT2D eigenvalue weighted by molar-refractivity contribution is -0.142. The van der Waals surface area contributed by atoms with Gasteiger partial charge in [-0.3, -0.25) is 4.79 Å². The van der Waals surface area contributed by atoms with E-state index in [1.807, 2.05) is 0 Å². The summed E-state index contributed by atoms with van der Waals surface area (Å²) in [5.74, 6) is -1.54. The van der Waals surface area contributed by atoms with Crippen LogP contribution >= 0.6 is 0 Å². The number of nitrogens with one attached hydrogen (secondary N) is 1. The molecule has 0 aromatic rings. The normalized spacial score (nSPS) is 28.4. The average Bonchev–Trinajstić information content (AvgIpc) is 2.95. The Bertz CT molecular complexity index is 385. The second kappa shape index (κ2) is 6.64. The third-order valence-corrected chi connectivity index (χ3v) is 5.32. The minimum atomic E-state index is -0.910. The van der Waals surface area contributed by atoms with E-state index in [9.17, 15) is 9.59 Å². The van der Waals surface area contributed by atoms with Crippen LogP contribution in [-0.4, -0.2) is 54.4 Å². The van der Waals surface area contributed by atoms with Crippen LogP contribution in [0.5, 0.6) is 0 Å². The number of carboxylic acid groups (broad SMARTS) is 1. The number of amides is 2. The lowest BCUT2D eigenvalue weighted by Crippen LogP contribution is -2.52. The molecule has 0 saturated carbocycles. The Morgan fingerprint density at radius 1 is 1.24 bits per heavy atom. The van der Waals surface area contributed by atoms with Gasteiger partial charge in [0.2, 0.25) is 0 Å². The number of carbonyl (C=O) groups excluding carboxylic acids is 1. The molecular formula is C15H26N2O4. The molecule has 21 heavy (non-hydrogen) atoms. The number of piperidine rings is 1. The third-order valence-electron chi connectivity index (χ3n) is 5.32. The number of hydrogen-bond acceptors (Lipinski definition) is 3. The van der Waals surface area contributed by atoms with Gasteiger partial charge in [0, 0.05) is 13.1 Å². The SMILES string of the molecule is CCC1(CC)CCN(C(=O)NC2COCC2C(=O)O)CC1. The van der Waals surface area contributed by atoms with Gasteiger partial charge in [0.05, 0.1) is 19.3 Å². The van der Waals surface area contributed by atoms with Gasteiger partial charge in [-0.25, -0.2) is 4.79 Å². The fourth-order valence-electron chi connectivity index (χ4n) is 3.33. The summed E-state index contributed by atoms with van der Waals surface area (Å²) >= 11 is 0. The fraction of sp³-hybridized carbons (Fsp3) is 0.867. The summed E-state index contributed by atoms with van der Waals surface area (Å²) in [5, 5.41) is 11.9. The van der Waals surface area contributed by atoms with Crippen LogP contribution in [0.25, 0.3) is 0 Å². The smallest absolute Gasteiger partial charge is 0.317 e. The van der Waals surface area contributed by atoms with Crippen LogP contribution in [0.15, 0.2) is 0 Å². The number of ether oxygens (including phenoxy) is 1. The van der Waals surface area contributed by atoms with Gasteiger partial charge < -0.3 is 20.1 Å². The van der Waals surface area contributed by atoms with Crippen molar-refractivity contribution in [2.45, 2.75) is 45.6 Å². The molecule has 2 heterocycles. The van der Waals surface area contributed by atoms with Gasteiger partial charge in [0.15, 0.2) is 0 Å². The highest BCUT2D eigenvalue weighted by atomic mass is 16.5. The molecule has 120 valence electrons. The maximum atomic E-state index is 12.3. The average molecular weight is 298 g/mol. The van der Waals surface area contributed by atoms with Crippen molar-refractivity contribution >= 4 is 12.0 Å². The molecule has 2 atom stereocenters. The van der Waals surface area contributed by atoms with E-state index in [1.165, 1.54) is 0 Å². The van der Waals surface area contributed by atoms with Gasteiger partial charge in [-0.2, -0.15) is 0 Å². The van der Waals surface area contributed by atoms with E-state index in [0.717, 1.165) is 38.8 Å². The van der Waals surface area contributed by atoms with Crippen molar-refractivity contribution < 1.29 is 19.4 Å². The Balaban J connectivity index is 1.86. The molecule has 2 fully saturated rings. The zero-order valence-electron chi connectivity index (χ0n) is 12.9. The first-order chi connectivity index (χ1) is 10.0. The molecule has 0 radical (unpaired) electrons. The number of aliphatic carboxylic acids is 1. The van der Waals surface area contributed by atoms with E-state index >= 15 is 0 Å². The minimum absolute atomic E-state index is 0.155. The van der Waals surface area contributed by atoms with Gasteiger partial charge in [-0.1, -0.05) is 26.7 Å². The Hall–Kier alpha value is -1.30. The van der Waals surface area contributed by atoms with Crippen LogP contribution in [0, 0.1) is 11.3 Å². The van der Waals surface area contributed by atoms with Gasteiger partial charge in [-0.05, 0) is 18.3 Å². The second-order valence-corrected chi connectivity index (χ2v) is 6.23. The molecule has 0 bridgehead atoms. The van der Waals surface area contributed by atoms with Crippen LogP contribution in [0.3, 0.4) is 0 Å². The molecule has 2 amide bonds. The maximum absolute atomic E-state index is 12.3. The predicted molar refractivity (Wildman–Crippen MR) is 78.1 cm³/mol. The molecule has 0 aliphatic carbocycles. The van der Waals surface area contributed by atoms with E-state index in [1.54, 1.807) is 4.90 Å². The van der Waals surface area contributed by atoms with Crippen LogP contribution in [0.4, 0.5) is 4.79 Å². The zero-order chi connectivity index (χ0) is 15.5. The van der Waals surface area contributed by atoms with Gasteiger partial charge in [0.1, 0.15) is 5.92 Å². The highest BCUT2D eigenvalue weighted by Gasteiger charge is 2.37. The molecule has 2 rings (SSSR count). The summed E-state index contributed by atoms with van der Waals surface area (Å²) in [7, 11) is 0. The first-order valence-corrected chi connectivity index (χ1v) is 7.87. The van der Waals surface area contributed by atoms with Gasteiger partial charge in [0.25, 0.3) is 0 Å². The van der Waals surface area contributed by atoms with Crippen LogP contribution in [-0.2, 0) is 9.53 Å². The highest BCUT2D eigenvalue weighted by Crippen LogP contribution is 2.37. The summed E-state index contributed by atoms with van der Waals surface area (Å²) in [6.07, 6.45) is 4.35.